The van der Waals surface area contributed by atoms with Crippen LogP contribution in [0.2, 0.25) is 0 Å². The third-order valence-electron chi connectivity index (χ3n) is 0. The van der Waals surface area contributed by atoms with Crippen LogP contribution in [-0.2, 0) is 42.1 Å². The van der Waals surface area contributed by atoms with Crippen molar-refractivity contribution in [3.8, 4) is 0 Å². The third kappa shape index (κ3) is 94.8. The van der Waals surface area contributed by atoms with Crippen molar-refractivity contribution in [2.75, 3.05) is 0 Å². The molecule has 0 saturated carbocycles. The SMILES string of the molecule is [Ar].[Ar].[Ar].[Ar].[CH2-]CC.[CH2-]CC.[Pt].[Pt]. The van der Waals surface area contributed by atoms with Gasteiger partial charge in [0.05, 0.1) is 0 Å². The molecule has 0 amide bonds. The van der Waals surface area contributed by atoms with Crippen LogP contribution in [0, 0.1) is 165 Å². The molecule has 0 fully saturated rings. The molecule has 0 heterocycles. The first-order chi connectivity index (χ1) is 2.83. The maximum atomic E-state index is 3.49. The van der Waals surface area contributed by atoms with Crippen LogP contribution < -0.4 is 0 Å². The van der Waals surface area contributed by atoms with Gasteiger partial charge in [0, 0.05) is 193 Å². The fourth-order valence-corrected chi connectivity index (χ4v) is 0. The zero-order valence-corrected chi connectivity index (χ0v) is 14.2. The van der Waals surface area contributed by atoms with Crippen LogP contribution in [0.15, 0.2) is 0 Å². The second-order valence-corrected chi connectivity index (χ2v) is 1.000. The summed E-state index contributed by atoms with van der Waals surface area (Å²) in [5, 5.41) is 0. The molecule has 0 radical (unpaired) electrons. The van der Waals surface area contributed by atoms with Gasteiger partial charge in [-0.05, 0) is 0 Å². The average molecular weight is 636 g/mol. The second-order valence-electron chi connectivity index (χ2n) is 1.000. The maximum absolute atomic E-state index is 3.49. The molecule has 0 rings (SSSR count). The molecular formula is C6H14Ar4Pt2-2. The van der Waals surface area contributed by atoms with E-state index in [9.17, 15) is 0 Å². The van der Waals surface area contributed by atoms with Crippen molar-refractivity contribution in [2.24, 2.45) is 0 Å². The van der Waals surface area contributed by atoms with E-state index in [1.807, 2.05) is 13.8 Å². The van der Waals surface area contributed by atoms with E-state index in [4.69, 9.17) is 0 Å². The Morgan fingerprint density at radius 2 is 0.667 bits per heavy atom. The molecule has 0 aliphatic carbocycles. The zero-order valence-electron chi connectivity index (χ0n) is 6.88. The molecule has 0 N–H and O–H groups in total. The van der Waals surface area contributed by atoms with E-state index >= 15 is 0 Å². The van der Waals surface area contributed by atoms with Gasteiger partial charge in [-0.15, -0.1) is 0 Å². The Morgan fingerprint density at radius 3 is 0.667 bits per heavy atom. The average Bonchev–Trinajstić information content (AvgIpc) is 1.39. The number of hydrogen-bond acceptors (Lipinski definition) is 0. The van der Waals surface area contributed by atoms with Crippen LogP contribution >= 0.6 is 0 Å². The molecule has 0 aromatic heterocycles. The van der Waals surface area contributed by atoms with Gasteiger partial charge in [-0.2, -0.15) is 12.8 Å². The molecule has 12 heavy (non-hydrogen) atoms. The van der Waals surface area contributed by atoms with Crippen molar-refractivity contribution >= 4 is 0 Å². The Labute approximate surface area is 227 Å². The Bertz CT molecular complexity index is 19.5. The molecule has 0 saturated heterocycles. The van der Waals surface area contributed by atoms with Crippen LogP contribution in [0.3, 0.4) is 0 Å². The quantitative estimate of drug-likeness (QED) is 0.359. The van der Waals surface area contributed by atoms with Crippen molar-refractivity contribution in [2.45, 2.75) is 26.7 Å². The topological polar surface area (TPSA) is 0 Å². The third-order valence-corrected chi connectivity index (χ3v) is 0. The molecule has 0 atom stereocenters. The van der Waals surface area contributed by atoms with Crippen LogP contribution in [0.4, 0.5) is 0 Å². The molecule has 0 aliphatic heterocycles. The molecular weight excluding hydrogens is 622 g/mol. The molecule has 0 nitrogen and oxygen atoms in total. The number of rotatable bonds is 0. The van der Waals surface area contributed by atoms with Crippen molar-refractivity contribution in [1.29, 1.82) is 0 Å². The predicted octanol–water partition coefficient (Wildman–Crippen LogP) is 2.46. The van der Waals surface area contributed by atoms with E-state index in [0.29, 0.717) is 0 Å². The summed E-state index contributed by atoms with van der Waals surface area (Å²) in [7, 11) is 0. The molecule has 6 heteroatoms. The first-order valence-electron chi connectivity index (χ1n) is 2.41. The molecule has 0 bridgehead atoms. The minimum absolute atomic E-state index is 0. The molecule has 0 unspecified atom stereocenters. The van der Waals surface area contributed by atoms with Gasteiger partial charge in [0.25, 0.3) is 0 Å². The van der Waals surface area contributed by atoms with Gasteiger partial charge in [0.2, 0.25) is 0 Å². The van der Waals surface area contributed by atoms with Gasteiger partial charge < -0.3 is 13.8 Å². The Hall–Kier alpha value is 6.42. The summed E-state index contributed by atoms with van der Waals surface area (Å²) < 4.78 is 0. The van der Waals surface area contributed by atoms with Crippen LogP contribution in [0.25, 0.3) is 0 Å². The monoisotopic (exact) mass is 636 g/mol. The number of hydrogen-bond donors (Lipinski definition) is 0. The van der Waals surface area contributed by atoms with E-state index in [1.54, 1.807) is 0 Å². The molecule has 0 aromatic rings. The Balaban J connectivity index is -0.00000000296. The standard InChI is InChI=1S/2C3H7.4Ar.2Pt/c2*1-3-2;;;;;;/h2*1,3H2,2H3;;;;;;/q2*-1;;;;;;. The Kier molecular flexibility index (Phi) is 284. The van der Waals surface area contributed by atoms with Crippen LogP contribution in [-0.4, -0.2) is 0 Å². The molecule has 92 valence electrons. The smallest absolute Gasteiger partial charge is 0 e. The molecule has 0 aromatic carbocycles. The predicted molar refractivity (Wildman–Crippen MR) is 31.3 cm³/mol. The largest absolute Gasteiger partial charge is 0.344 e. The van der Waals surface area contributed by atoms with Crippen molar-refractivity contribution in [1.82, 2.24) is 0 Å². The fourth-order valence-electron chi connectivity index (χ4n) is 0. The van der Waals surface area contributed by atoms with Gasteiger partial charge in [0.15, 0.2) is 0 Å². The summed E-state index contributed by atoms with van der Waals surface area (Å²) in [5.74, 6) is 0. The second kappa shape index (κ2) is 66.3. The summed E-state index contributed by atoms with van der Waals surface area (Å²) in [6.07, 6.45) is 2.00. The van der Waals surface area contributed by atoms with E-state index in [0.717, 1.165) is 12.8 Å². The van der Waals surface area contributed by atoms with E-state index in [1.165, 1.54) is 0 Å². The minimum atomic E-state index is 0. The first-order valence-corrected chi connectivity index (χ1v) is 2.41. The zero-order chi connectivity index (χ0) is 5.41. The summed E-state index contributed by atoms with van der Waals surface area (Å²) in [4.78, 5) is 0. The van der Waals surface area contributed by atoms with Crippen molar-refractivity contribution in [3.05, 3.63) is 13.8 Å². The summed E-state index contributed by atoms with van der Waals surface area (Å²) in [6.45, 7) is 11.0. The van der Waals surface area contributed by atoms with Gasteiger partial charge in [0.1, 0.15) is 0 Å². The fraction of sp³-hybridized carbons (Fsp3) is 0.667. The van der Waals surface area contributed by atoms with Crippen LogP contribution in [0.5, 0.6) is 0 Å². The van der Waals surface area contributed by atoms with Gasteiger partial charge >= 0.3 is 0 Å². The summed E-state index contributed by atoms with van der Waals surface area (Å²) >= 11 is 0. The summed E-state index contributed by atoms with van der Waals surface area (Å²) in [5.41, 5.74) is 0. The van der Waals surface area contributed by atoms with Gasteiger partial charge in [-0.3, -0.25) is 0 Å². The van der Waals surface area contributed by atoms with Crippen LogP contribution in [0.1, 0.15) is 26.7 Å². The van der Waals surface area contributed by atoms with Gasteiger partial charge in [-0.1, -0.05) is 13.8 Å². The van der Waals surface area contributed by atoms with Crippen molar-refractivity contribution in [3.63, 3.8) is 0 Å². The van der Waals surface area contributed by atoms with E-state index in [-0.39, 0.29) is 193 Å². The van der Waals surface area contributed by atoms with Crippen molar-refractivity contribution < 1.29 is 193 Å². The molecule has 0 aliphatic rings. The van der Waals surface area contributed by atoms with E-state index in [2.05, 4.69) is 13.8 Å². The van der Waals surface area contributed by atoms with E-state index < -0.39 is 0 Å². The van der Waals surface area contributed by atoms with Gasteiger partial charge in [-0.25, -0.2) is 0 Å². The first kappa shape index (κ1) is 51.5. The molecule has 0 spiro atoms. The minimum Gasteiger partial charge on any atom is -0.344 e. The Morgan fingerprint density at radius 1 is 0.667 bits per heavy atom. The maximum Gasteiger partial charge on any atom is 0 e. The summed E-state index contributed by atoms with van der Waals surface area (Å²) in [6, 6.07) is 0. The normalized spacial score (nSPS) is 3.00.